The van der Waals surface area contributed by atoms with Gasteiger partial charge in [-0.2, -0.15) is 0 Å². The Bertz CT molecular complexity index is 987. The lowest BCUT2D eigenvalue weighted by Crippen LogP contribution is -2.15. The van der Waals surface area contributed by atoms with Gasteiger partial charge in [0.15, 0.2) is 0 Å². The Hall–Kier alpha value is -2.74. The molecule has 29 heavy (non-hydrogen) atoms. The minimum absolute atomic E-state index is 0.0703. The Balaban J connectivity index is 1.63. The number of carbonyl (C=O) groups is 1. The zero-order valence-corrected chi connectivity index (χ0v) is 17.1. The number of aromatic nitrogens is 2. The average molecular weight is 434 g/mol. The van der Waals surface area contributed by atoms with Crippen molar-refractivity contribution in [2.45, 2.75) is 19.9 Å². The second-order valence-electron chi connectivity index (χ2n) is 6.22. The van der Waals surface area contributed by atoms with E-state index in [-0.39, 0.29) is 19.0 Å². The minimum Gasteiger partial charge on any atom is -0.760 e. The molecule has 1 heterocycles. The number of para-hydroxylation sites is 2. The molecule has 3 rings (SSSR count). The number of ether oxygens (including phenoxy) is 1. The number of halogens is 2. The Morgan fingerprint density at radius 2 is 1.90 bits per heavy atom. The predicted octanol–water partition coefficient (Wildman–Crippen LogP) is 4.94. The summed E-state index contributed by atoms with van der Waals surface area (Å²) in [4.78, 5) is 16.4. The molecule has 1 aromatic heterocycles. The number of aryl methyl sites for hydroxylation is 1. The van der Waals surface area contributed by atoms with E-state index in [0.717, 1.165) is 5.56 Å². The van der Waals surface area contributed by atoms with Gasteiger partial charge in [0.2, 0.25) is 0 Å². The molecule has 0 saturated heterocycles. The lowest BCUT2D eigenvalue weighted by Gasteiger charge is -2.15. The maximum absolute atomic E-state index is 12.3. The molecule has 0 aliphatic carbocycles. The number of carbonyl (C=O) groups excluding carboxylic acids is 1. The van der Waals surface area contributed by atoms with E-state index in [9.17, 15) is 10.0 Å². The van der Waals surface area contributed by atoms with E-state index in [0.29, 0.717) is 39.6 Å². The monoisotopic (exact) mass is 433 g/mol. The van der Waals surface area contributed by atoms with Crippen molar-refractivity contribution >= 4 is 46.4 Å². The maximum Gasteiger partial charge on any atom is 0.310 e. The van der Waals surface area contributed by atoms with Crippen LogP contribution in [0.25, 0.3) is 0 Å². The number of imidazole rings is 1. The van der Waals surface area contributed by atoms with Gasteiger partial charge in [-0.1, -0.05) is 47.5 Å². The number of nitrogens with zero attached hydrogens (tertiary/aromatic N) is 2. The summed E-state index contributed by atoms with van der Waals surface area (Å²) in [6.07, 6.45) is 1.51. The third kappa shape index (κ3) is 5.20. The van der Waals surface area contributed by atoms with Crippen LogP contribution in [0.4, 0.5) is 17.2 Å². The molecule has 0 spiro atoms. The maximum atomic E-state index is 12.3. The highest BCUT2D eigenvalue weighted by atomic mass is 35.5. The van der Waals surface area contributed by atoms with Crippen LogP contribution in [0.5, 0.6) is 0 Å². The minimum atomic E-state index is -0.390. The van der Waals surface area contributed by atoms with Crippen LogP contribution in [0.1, 0.15) is 11.4 Å². The van der Waals surface area contributed by atoms with Crippen molar-refractivity contribution in [3.05, 3.63) is 75.3 Å². The van der Waals surface area contributed by atoms with Crippen molar-refractivity contribution in [2.24, 2.45) is 0 Å². The van der Waals surface area contributed by atoms with Gasteiger partial charge in [-0.25, -0.2) is 4.98 Å². The van der Waals surface area contributed by atoms with Crippen molar-refractivity contribution in [3.8, 4) is 0 Å². The smallest absolute Gasteiger partial charge is 0.310 e. The van der Waals surface area contributed by atoms with Crippen LogP contribution in [0.15, 0.2) is 48.7 Å². The van der Waals surface area contributed by atoms with E-state index in [4.69, 9.17) is 27.9 Å². The molecule has 0 fully saturated rings. The lowest BCUT2D eigenvalue weighted by atomic mass is 10.1. The summed E-state index contributed by atoms with van der Waals surface area (Å²) in [6.45, 7) is 2.22. The molecule has 2 N–H and O–H groups in total. The SMILES string of the molecule is Cc1ncc(N[O-])n1CCOC(=O)Cc1ccccc1Nc1c(Cl)cccc1Cl. The molecule has 0 atom stereocenters. The summed E-state index contributed by atoms with van der Waals surface area (Å²) in [7, 11) is 0. The molecular weight excluding hydrogens is 415 g/mol. The highest BCUT2D eigenvalue weighted by molar-refractivity contribution is 6.39. The van der Waals surface area contributed by atoms with Gasteiger partial charge in [0.1, 0.15) is 18.2 Å². The van der Waals surface area contributed by atoms with Gasteiger partial charge in [0.25, 0.3) is 0 Å². The fourth-order valence-electron chi connectivity index (χ4n) is 2.84. The zero-order chi connectivity index (χ0) is 20.8. The normalized spacial score (nSPS) is 10.6. The Morgan fingerprint density at radius 1 is 1.17 bits per heavy atom. The Kier molecular flexibility index (Phi) is 6.98. The van der Waals surface area contributed by atoms with Crippen molar-refractivity contribution in [1.82, 2.24) is 9.55 Å². The number of benzene rings is 2. The number of rotatable bonds is 8. The van der Waals surface area contributed by atoms with Gasteiger partial charge in [-0.15, -0.1) is 0 Å². The first-order valence-corrected chi connectivity index (χ1v) is 9.60. The van der Waals surface area contributed by atoms with Gasteiger partial charge in [0.05, 0.1) is 34.9 Å². The average Bonchev–Trinajstić information content (AvgIpc) is 3.06. The molecule has 7 nitrogen and oxygen atoms in total. The molecule has 3 aromatic rings. The van der Waals surface area contributed by atoms with Crippen LogP contribution >= 0.6 is 23.2 Å². The summed E-state index contributed by atoms with van der Waals surface area (Å²) in [6, 6.07) is 12.6. The molecule has 0 unspecified atom stereocenters. The number of esters is 1. The van der Waals surface area contributed by atoms with Crippen LogP contribution < -0.4 is 10.8 Å². The van der Waals surface area contributed by atoms with Gasteiger partial charge in [0, 0.05) is 5.69 Å². The first kappa shape index (κ1) is 21.0. The second kappa shape index (κ2) is 9.65. The quantitative estimate of drug-likeness (QED) is 0.386. The summed E-state index contributed by atoms with van der Waals surface area (Å²) < 4.78 is 6.98. The Morgan fingerprint density at radius 3 is 2.62 bits per heavy atom. The first-order chi connectivity index (χ1) is 14.0. The highest BCUT2D eigenvalue weighted by Crippen LogP contribution is 2.33. The molecule has 0 aliphatic heterocycles. The largest absolute Gasteiger partial charge is 0.760 e. The summed E-state index contributed by atoms with van der Waals surface area (Å²) in [5, 5.41) is 15.0. The topological polar surface area (TPSA) is 91.2 Å². The van der Waals surface area contributed by atoms with E-state index in [1.54, 1.807) is 29.7 Å². The van der Waals surface area contributed by atoms with Gasteiger partial charge < -0.3 is 25.3 Å². The van der Waals surface area contributed by atoms with Crippen molar-refractivity contribution in [3.63, 3.8) is 0 Å². The van der Waals surface area contributed by atoms with Crippen molar-refractivity contribution in [1.29, 1.82) is 0 Å². The fraction of sp³-hybridized carbons (Fsp3) is 0.200. The van der Waals surface area contributed by atoms with E-state index in [1.807, 2.05) is 29.7 Å². The summed E-state index contributed by atoms with van der Waals surface area (Å²) in [5.74, 6) is 0.592. The summed E-state index contributed by atoms with van der Waals surface area (Å²) in [5.41, 5.74) is 3.84. The predicted molar refractivity (Wildman–Crippen MR) is 115 cm³/mol. The molecular formula is C20H19Cl2N4O3-. The molecule has 2 aromatic carbocycles. The van der Waals surface area contributed by atoms with Crippen LogP contribution in [0.2, 0.25) is 10.0 Å². The number of anilines is 3. The molecule has 0 bridgehead atoms. The third-order valence-electron chi connectivity index (χ3n) is 4.31. The third-order valence-corrected chi connectivity index (χ3v) is 4.94. The van der Waals surface area contributed by atoms with E-state index in [1.165, 1.54) is 6.20 Å². The number of nitrogens with one attached hydrogen (secondary N) is 2. The second-order valence-corrected chi connectivity index (χ2v) is 7.03. The molecule has 0 aliphatic rings. The molecule has 0 radical (unpaired) electrons. The van der Waals surface area contributed by atoms with Crippen LogP contribution in [0, 0.1) is 12.1 Å². The van der Waals surface area contributed by atoms with Crippen LogP contribution in [-0.4, -0.2) is 22.1 Å². The van der Waals surface area contributed by atoms with Gasteiger partial charge >= 0.3 is 5.97 Å². The number of hydrogen-bond donors (Lipinski definition) is 2. The fourth-order valence-corrected chi connectivity index (χ4v) is 3.33. The van der Waals surface area contributed by atoms with Crippen molar-refractivity contribution < 1.29 is 9.53 Å². The molecule has 9 heteroatoms. The van der Waals surface area contributed by atoms with E-state index < -0.39 is 0 Å². The summed E-state index contributed by atoms with van der Waals surface area (Å²) >= 11 is 12.4. The van der Waals surface area contributed by atoms with Gasteiger partial charge in [-0.05, 0) is 30.7 Å². The van der Waals surface area contributed by atoms with Gasteiger partial charge in [-0.3, -0.25) is 4.79 Å². The Labute approximate surface area is 178 Å². The number of hydrogen-bond acceptors (Lipinski definition) is 6. The standard InChI is InChI=1S/C20H19Cl2N4O3/c1-13-23-12-18(25-28)26(13)9-10-29-19(27)11-14-5-2-3-8-17(14)24-20-15(21)6-4-7-16(20)22/h2-8,12,24-25H,9-11H2,1H3/q-1. The highest BCUT2D eigenvalue weighted by Gasteiger charge is 2.12. The molecule has 152 valence electrons. The lowest BCUT2D eigenvalue weighted by molar-refractivity contribution is -0.143. The van der Waals surface area contributed by atoms with Crippen LogP contribution in [0.3, 0.4) is 0 Å². The van der Waals surface area contributed by atoms with E-state index >= 15 is 0 Å². The first-order valence-electron chi connectivity index (χ1n) is 8.84. The zero-order valence-electron chi connectivity index (χ0n) is 15.6. The molecule has 0 saturated carbocycles. The van der Waals surface area contributed by atoms with Crippen LogP contribution in [-0.2, 0) is 22.5 Å². The molecule has 0 amide bonds. The van der Waals surface area contributed by atoms with E-state index in [2.05, 4.69) is 10.3 Å². The van der Waals surface area contributed by atoms with Crippen molar-refractivity contribution in [2.75, 3.05) is 17.4 Å².